The van der Waals surface area contributed by atoms with Crippen molar-refractivity contribution in [3.05, 3.63) is 158 Å². The Bertz CT molecular complexity index is 2910. The average Bonchev–Trinajstić information content (AvgIpc) is 3.59. The van der Waals surface area contributed by atoms with Gasteiger partial charge in [-0.25, -0.2) is 24.9 Å². The second-order valence-electron chi connectivity index (χ2n) is 12.4. The van der Waals surface area contributed by atoms with Gasteiger partial charge in [-0.15, -0.1) is 11.3 Å². The molecule has 0 atom stereocenters. The minimum absolute atomic E-state index is 0.565. The molecule has 10 aromatic rings. The summed E-state index contributed by atoms with van der Waals surface area (Å²) >= 11 is 1.73. The lowest BCUT2D eigenvalue weighted by Crippen LogP contribution is -2.01. The maximum absolute atomic E-state index is 5.15. The predicted octanol–water partition coefficient (Wildman–Crippen LogP) is 11.1. The second-order valence-corrected chi connectivity index (χ2v) is 13.4. The molecule has 51 heavy (non-hydrogen) atoms. The third kappa shape index (κ3) is 5.10. The molecule has 0 bridgehead atoms. The van der Waals surface area contributed by atoms with Gasteiger partial charge >= 0.3 is 0 Å². The second kappa shape index (κ2) is 12.0. The van der Waals surface area contributed by atoms with Crippen LogP contribution in [0.5, 0.6) is 0 Å². The molecule has 0 N–H and O–H groups in total. The summed E-state index contributed by atoms with van der Waals surface area (Å²) in [6.45, 7) is 0. The summed E-state index contributed by atoms with van der Waals surface area (Å²) in [5, 5.41) is 5.71. The number of aromatic nitrogens is 6. The van der Waals surface area contributed by atoms with E-state index >= 15 is 0 Å². The Labute approximate surface area is 296 Å². The predicted molar refractivity (Wildman–Crippen MR) is 208 cm³/mol. The molecular formula is C44H26N6S. The van der Waals surface area contributed by atoms with Crippen molar-refractivity contribution in [1.82, 2.24) is 29.9 Å². The van der Waals surface area contributed by atoms with E-state index in [1.807, 2.05) is 30.3 Å². The fourth-order valence-corrected chi connectivity index (χ4v) is 7.92. The summed E-state index contributed by atoms with van der Waals surface area (Å²) < 4.78 is 2.28. The van der Waals surface area contributed by atoms with Crippen molar-refractivity contribution >= 4 is 53.2 Å². The van der Waals surface area contributed by atoms with Crippen molar-refractivity contribution < 1.29 is 0 Å². The van der Waals surface area contributed by atoms with Gasteiger partial charge in [-0.3, -0.25) is 4.98 Å². The molecule has 0 unspecified atom stereocenters. The van der Waals surface area contributed by atoms with Crippen molar-refractivity contribution in [2.24, 2.45) is 0 Å². The molecule has 10 rings (SSSR count). The van der Waals surface area contributed by atoms with Gasteiger partial charge in [-0.05, 0) is 45.8 Å². The Kier molecular flexibility index (Phi) is 6.89. The summed E-state index contributed by atoms with van der Waals surface area (Å²) in [6.07, 6.45) is 3.54. The highest BCUT2D eigenvalue weighted by Crippen LogP contribution is 2.40. The minimum atomic E-state index is 0.565. The van der Waals surface area contributed by atoms with E-state index in [-0.39, 0.29) is 0 Å². The summed E-state index contributed by atoms with van der Waals surface area (Å²) in [5.74, 6) is 2.42. The lowest BCUT2D eigenvalue weighted by molar-refractivity contribution is 1.07. The fraction of sp³-hybridized carbons (Fsp3) is 0. The smallest absolute Gasteiger partial charge is 0.165 e. The first-order chi connectivity index (χ1) is 25.3. The van der Waals surface area contributed by atoms with Crippen LogP contribution in [0.15, 0.2) is 158 Å². The molecule has 0 radical (unpaired) electrons. The highest BCUT2D eigenvalue weighted by atomic mass is 32.1. The van der Waals surface area contributed by atoms with E-state index in [2.05, 4.69) is 120 Å². The van der Waals surface area contributed by atoms with Crippen LogP contribution in [-0.4, -0.2) is 29.9 Å². The number of hydrogen-bond donors (Lipinski definition) is 0. The van der Waals surface area contributed by atoms with Gasteiger partial charge in [-0.2, -0.15) is 0 Å². The maximum Gasteiger partial charge on any atom is 0.165 e. The highest BCUT2D eigenvalue weighted by Gasteiger charge is 2.18. The molecule has 0 aliphatic heterocycles. The lowest BCUT2D eigenvalue weighted by atomic mass is 9.97. The zero-order chi connectivity index (χ0) is 33.7. The Balaban J connectivity index is 1.13. The topological polar surface area (TPSA) is 77.3 Å². The van der Waals surface area contributed by atoms with Gasteiger partial charge in [0, 0.05) is 50.3 Å². The van der Waals surface area contributed by atoms with Gasteiger partial charge in [0.15, 0.2) is 23.3 Å². The number of nitrogens with zero attached hydrogens (tertiary/aromatic N) is 6. The Hall–Kier alpha value is -6.70. The van der Waals surface area contributed by atoms with Crippen LogP contribution in [0.25, 0.3) is 98.7 Å². The molecule has 0 fully saturated rings. The summed E-state index contributed by atoms with van der Waals surface area (Å²) in [6, 6.07) is 49.9. The van der Waals surface area contributed by atoms with E-state index in [9.17, 15) is 0 Å². The maximum atomic E-state index is 5.15. The van der Waals surface area contributed by atoms with Gasteiger partial charge in [0.25, 0.3) is 0 Å². The first-order valence-electron chi connectivity index (χ1n) is 16.7. The van der Waals surface area contributed by atoms with Crippen LogP contribution in [0.3, 0.4) is 0 Å². The van der Waals surface area contributed by atoms with Crippen LogP contribution in [0.4, 0.5) is 0 Å². The minimum Gasteiger partial charge on any atom is -0.264 e. The molecule has 0 aliphatic carbocycles. The highest BCUT2D eigenvalue weighted by molar-refractivity contribution is 7.26. The van der Waals surface area contributed by atoms with Gasteiger partial charge in [0.1, 0.15) is 0 Å². The van der Waals surface area contributed by atoms with E-state index < -0.39 is 0 Å². The molecule has 0 saturated carbocycles. The van der Waals surface area contributed by atoms with Crippen molar-refractivity contribution in [2.75, 3.05) is 0 Å². The zero-order valence-electron chi connectivity index (χ0n) is 27.1. The first kappa shape index (κ1) is 29.2. The zero-order valence-corrected chi connectivity index (χ0v) is 27.9. The molecule has 0 spiro atoms. The molecule has 4 aromatic heterocycles. The van der Waals surface area contributed by atoms with Gasteiger partial charge in [0.2, 0.25) is 0 Å². The molecule has 0 amide bonds. The Morgan fingerprint density at radius 3 is 1.78 bits per heavy atom. The largest absolute Gasteiger partial charge is 0.264 e. The Morgan fingerprint density at radius 1 is 0.412 bits per heavy atom. The standard InChI is InChI=1S/C44H26N6S/c1-2-11-27(12-3-1)38-40-39(35-18-8-9-19-37(35)51-40)47-41(46-38)28-20-22-29(23-21-28)42-48-43(31-14-10-24-45-26-31)50-44(49-42)36-25-30-13-4-5-15-32(30)33-16-6-7-17-34(33)36/h1-26H. The SMILES string of the molecule is c1ccc(-c2nc(-c3ccc(-c4nc(-c5cccnc5)nc(-c5cc6ccccc6c6ccccc56)n4)cc3)nc3c2sc2ccccc23)cc1. The molecule has 6 aromatic carbocycles. The Morgan fingerprint density at radius 2 is 1.02 bits per heavy atom. The van der Waals surface area contributed by atoms with E-state index in [0.717, 1.165) is 65.3 Å². The third-order valence-electron chi connectivity index (χ3n) is 9.23. The normalized spacial score (nSPS) is 11.5. The van der Waals surface area contributed by atoms with Crippen LogP contribution in [0, 0.1) is 0 Å². The molecular weight excluding hydrogens is 645 g/mol. The van der Waals surface area contributed by atoms with Crippen LogP contribution in [-0.2, 0) is 0 Å². The van der Waals surface area contributed by atoms with Crippen molar-refractivity contribution in [3.63, 3.8) is 0 Å². The number of rotatable bonds is 5. The number of hydrogen-bond acceptors (Lipinski definition) is 7. The van der Waals surface area contributed by atoms with E-state index in [1.165, 1.54) is 10.1 Å². The molecule has 0 saturated heterocycles. The quantitative estimate of drug-likeness (QED) is 0.170. The van der Waals surface area contributed by atoms with Gasteiger partial charge in [0.05, 0.1) is 15.9 Å². The van der Waals surface area contributed by atoms with Crippen molar-refractivity contribution in [2.45, 2.75) is 0 Å². The monoisotopic (exact) mass is 670 g/mol. The van der Waals surface area contributed by atoms with Crippen LogP contribution in [0.2, 0.25) is 0 Å². The summed E-state index contributed by atoms with van der Waals surface area (Å²) in [7, 11) is 0. The molecule has 7 heteroatoms. The lowest BCUT2D eigenvalue weighted by Gasteiger charge is -2.12. The van der Waals surface area contributed by atoms with Gasteiger partial charge < -0.3 is 0 Å². The number of benzene rings is 6. The van der Waals surface area contributed by atoms with Crippen LogP contribution < -0.4 is 0 Å². The van der Waals surface area contributed by atoms with E-state index in [0.29, 0.717) is 23.3 Å². The molecule has 238 valence electrons. The first-order valence-corrected chi connectivity index (χ1v) is 17.5. The van der Waals surface area contributed by atoms with E-state index in [4.69, 9.17) is 24.9 Å². The summed E-state index contributed by atoms with van der Waals surface area (Å²) in [5.41, 5.74) is 6.52. The van der Waals surface area contributed by atoms with E-state index in [1.54, 1.807) is 23.7 Å². The fourth-order valence-electron chi connectivity index (χ4n) is 6.77. The third-order valence-corrected chi connectivity index (χ3v) is 10.4. The average molecular weight is 671 g/mol. The van der Waals surface area contributed by atoms with Crippen LogP contribution >= 0.6 is 11.3 Å². The van der Waals surface area contributed by atoms with Crippen LogP contribution in [0.1, 0.15) is 0 Å². The van der Waals surface area contributed by atoms with Gasteiger partial charge in [-0.1, -0.05) is 121 Å². The molecule has 0 aliphatic rings. The molecule has 6 nitrogen and oxygen atoms in total. The number of thiophene rings is 1. The number of pyridine rings is 1. The van der Waals surface area contributed by atoms with Crippen molar-refractivity contribution in [1.29, 1.82) is 0 Å². The van der Waals surface area contributed by atoms with Crippen molar-refractivity contribution in [3.8, 4) is 56.8 Å². The molecule has 4 heterocycles. The summed E-state index contributed by atoms with van der Waals surface area (Å²) in [4.78, 5) is 29.7. The number of fused-ring (bicyclic) bond motifs is 6.